The molecule has 1 aliphatic heterocycles. The Hall–Kier alpha value is -1.14. The highest BCUT2D eigenvalue weighted by molar-refractivity contribution is 5.85. The number of hydrogen-bond acceptors (Lipinski definition) is 4. The van der Waals surface area contributed by atoms with Gasteiger partial charge in [-0.3, -0.25) is 15.1 Å². The van der Waals surface area contributed by atoms with Crippen LogP contribution in [0.25, 0.3) is 0 Å². The van der Waals surface area contributed by atoms with Gasteiger partial charge in [-0.1, -0.05) is 0 Å². The second kappa shape index (κ2) is 3.55. The Labute approximate surface area is 82.4 Å². The number of amides is 1. The lowest BCUT2D eigenvalue weighted by atomic mass is 10.0. The number of rotatable bonds is 3. The van der Waals surface area contributed by atoms with Gasteiger partial charge in [0, 0.05) is 13.1 Å². The molecular formula is C8H16N4O2. The van der Waals surface area contributed by atoms with Crippen molar-refractivity contribution in [2.24, 2.45) is 11.5 Å². The van der Waals surface area contributed by atoms with Crippen molar-refractivity contribution in [2.45, 2.75) is 25.0 Å². The standard InChI is InChI=1S/C8H16N4O2/c1-5(6(9)10)12-3-2-8(14,4-12)7(11)13/h5,14H,2-4H2,1H3,(H3,9,10)(H2,11,13). The first-order valence-electron chi connectivity index (χ1n) is 4.47. The number of nitrogens with two attached hydrogens (primary N) is 2. The summed E-state index contributed by atoms with van der Waals surface area (Å²) in [6, 6.07) is -0.261. The summed E-state index contributed by atoms with van der Waals surface area (Å²) in [5.41, 5.74) is 8.94. The molecular weight excluding hydrogens is 184 g/mol. The number of carbonyl (C=O) groups is 1. The monoisotopic (exact) mass is 200 g/mol. The van der Waals surface area contributed by atoms with Crippen LogP contribution in [0.4, 0.5) is 0 Å². The van der Waals surface area contributed by atoms with Crippen LogP contribution < -0.4 is 11.5 Å². The van der Waals surface area contributed by atoms with E-state index in [0.29, 0.717) is 13.0 Å². The van der Waals surface area contributed by atoms with Gasteiger partial charge in [0.15, 0.2) is 5.60 Å². The molecule has 0 aromatic rings. The molecule has 80 valence electrons. The van der Waals surface area contributed by atoms with Crippen LogP contribution in [0.1, 0.15) is 13.3 Å². The molecule has 0 radical (unpaired) electrons. The molecule has 14 heavy (non-hydrogen) atoms. The van der Waals surface area contributed by atoms with Gasteiger partial charge < -0.3 is 16.6 Å². The molecule has 0 saturated carbocycles. The quantitative estimate of drug-likeness (QED) is 0.318. The van der Waals surface area contributed by atoms with Crippen LogP contribution in [0, 0.1) is 5.41 Å². The molecule has 1 saturated heterocycles. The maximum absolute atomic E-state index is 10.9. The van der Waals surface area contributed by atoms with E-state index in [1.807, 2.05) is 0 Å². The summed E-state index contributed by atoms with van der Waals surface area (Å²) in [7, 11) is 0. The van der Waals surface area contributed by atoms with E-state index in [2.05, 4.69) is 0 Å². The minimum absolute atomic E-state index is 0.0266. The van der Waals surface area contributed by atoms with Crippen molar-refractivity contribution in [1.82, 2.24) is 4.90 Å². The zero-order valence-electron chi connectivity index (χ0n) is 8.16. The minimum atomic E-state index is -1.45. The van der Waals surface area contributed by atoms with Crippen molar-refractivity contribution in [2.75, 3.05) is 13.1 Å². The summed E-state index contributed by atoms with van der Waals surface area (Å²) < 4.78 is 0. The Morgan fingerprint density at radius 1 is 1.64 bits per heavy atom. The normalized spacial score (nSPS) is 30.1. The summed E-state index contributed by atoms with van der Waals surface area (Å²) >= 11 is 0. The van der Waals surface area contributed by atoms with Crippen LogP contribution in [-0.4, -0.2) is 46.5 Å². The number of carbonyl (C=O) groups excluding carboxylic acids is 1. The summed E-state index contributed by atoms with van der Waals surface area (Å²) in [6.45, 7) is 2.44. The van der Waals surface area contributed by atoms with Crippen molar-refractivity contribution in [1.29, 1.82) is 5.41 Å². The maximum atomic E-state index is 10.9. The summed E-state index contributed by atoms with van der Waals surface area (Å²) in [5.74, 6) is -0.686. The number of hydrogen-bond donors (Lipinski definition) is 4. The molecule has 1 rings (SSSR count). The lowest BCUT2D eigenvalue weighted by molar-refractivity contribution is -0.135. The molecule has 1 aliphatic rings. The van der Waals surface area contributed by atoms with Crippen molar-refractivity contribution in [3.63, 3.8) is 0 Å². The average Bonchev–Trinajstić information content (AvgIpc) is 2.48. The first-order chi connectivity index (χ1) is 6.37. The highest BCUT2D eigenvalue weighted by atomic mass is 16.3. The second-order valence-corrected chi connectivity index (χ2v) is 3.75. The molecule has 0 bridgehead atoms. The van der Waals surface area contributed by atoms with E-state index in [9.17, 15) is 9.90 Å². The van der Waals surface area contributed by atoms with Gasteiger partial charge in [0.05, 0.1) is 6.04 Å². The van der Waals surface area contributed by atoms with Gasteiger partial charge in [-0.2, -0.15) is 0 Å². The van der Waals surface area contributed by atoms with Crippen LogP contribution in [0.5, 0.6) is 0 Å². The Morgan fingerprint density at radius 2 is 2.21 bits per heavy atom. The predicted molar refractivity (Wildman–Crippen MR) is 51.7 cm³/mol. The Bertz CT molecular complexity index is 268. The van der Waals surface area contributed by atoms with Crippen LogP contribution >= 0.6 is 0 Å². The SMILES string of the molecule is CC(C(=N)N)N1CCC(O)(C(N)=O)C1. The maximum Gasteiger partial charge on any atom is 0.250 e. The fourth-order valence-corrected chi connectivity index (χ4v) is 1.55. The molecule has 6 nitrogen and oxygen atoms in total. The second-order valence-electron chi connectivity index (χ2n) is 3.75. The van der Waals surface area contributed by atoms with Crippen molar-refractivity contribution in [3.05, 3.63) is 0 Å². The van der Waals surface area contributed by atoms with Crippen LogP contribution in [0.3, 0.4) is 0 Å². The summed E-state index contributed by atoms with van der Waals surface area (Å²) in [5, 5.41) is 17.0. The molecule has 6 N–H and O–H groups in total. The Balaban J connectivity index is 2.65. The molecule has 2 unspecified atom stereocenters. The third-order valence-electron chi connectivity index (χ3n) is 2.73. The van der Waals surface area contributed by atoms with Crippen LogP contribution in [0.2, 0.25) is 0 Å². The largest absolute Gasteiger partial charge is 0.386 e. The number of nitrogens with one attached hydrogen (secondary N) is 1. The minimum Gasteiger partial charge on any atom is -0.386 e. The fourth-order valence-electron chi connectivity index (χ4n) is 1.55. The Kier molecular flexibility index (Phi) is 2.77. The van der Waals surface area contributed by atoms with Crippen molar-refractivity contribution < 1.29 is 9.90 Å². The van der Waals surface area contributed by atoms with E-state index in [-0.39, 0.29) is 18.4 Å². The molecule has 1 heterocycles. The lowest BCUT2D eigenvalue weighted by Crippen LogP contribution is -2.49. The van der Waals surface area contributed by atoms with Gasteiger partial charge in [-0.15, -0.1) is 0 Å². The first-order valence-corrected chi connectivity index (χ1v) is 4.47. The van der Waals surface area contributed by atoms with E-state index in [1.165, 1.54) is 0 Å². The molecule has 1 fully saturated rings. The number of nitrogens with zero attached hydrogens (tertiary/aromatic N) is 1. The molecule has 0 aromatic heterocycles. The average molecular weight is 200 g/mol. The third-order valence-corrected chi connectivity index (χ3v) is 2.73. The zero-order valence-corrected chi connectivity index (χ0v) is 8.16. The molecule has 2 atom stereocenters. The van der Waals surface area contributed by atoms with E-state index in [4.69, 9.17) is 16.9 Å². The first kappa shape index (κ1) is 10.9. The van der Waals surface area contributed by atoms with Crippen molar-refractivity contribution >= 4 is 11.7 Å². The van der Waals surface area contributed by atoms with Crippen LogP contribution in [0.15, 0.2) is 0 Å². The number of aliphatic hydroxyl groups is 1. The molecule has 0 aromatic carbocycles. The van der Waals surface area contributed by atoms with Gasteiger partial charge in [-0.25, -0.2) is 0 Å². The van der Waals surface area contributed by atoms with E-state index >= 15 is 0 Å². The van der Waals surface area contributed by atoms with E-state index < -0.39 is 11.5 Å². The van der Waals surface area contributed by atoms with Crippen LogP contribution in [-0.2, 0) is 4.79 Å². The highest BCUT2D eigenvalue weighted by Gasteiger charge is 2.42. The summed E-state index contributed by atoms with van der Waals surface area (Å²) in [4.78, 5) is 12.7. The van der Waals surface area contributed by atoms with Gasteiger partial charge >= 0.3 is 0 Å². The number of amidine groups is 1. The van der Waals surface area contributed by atoms with E-state index in [1.54, 1.807) is 11.8 Å². The third kappa shape index (κ3) is 1.85. The molecule has 0 aliphatic carbocycles. The van der Waals surface area contributed by atoms with Gasteiger partial charge in [0.1, 0.15) is 5.84 Å². The molecule has 0 spiro atoms. The highest BCUT2D eigenvalue weighted by Crippen LogP contribution is 2.22. The molecule has 6 heteroatoms. The number of β-amino-alcohol motifs (C(OH)–C–C–N with tert-alkyl or cyclic N) is 1. The smallest absolute Gasteiger partial charge is 0.250 e. The van der Waals surface area contributed by atoms with Gasteiger partial charge in [0.2, 0.25) is 0 Å². The van der Waals surface area contributed by atoms with Gasteiger partial charge in [0.25, 0.3) is 5.91 Å². The fraction of sp³-hybridized carbons (Fsp3) is 0.750. The number of likely N-dealkylation sites (tertiary alicyclic amines) is 1. The predicted octanol–water partition coefficient (Wildman–Crippen LogP) is -1.77. The van der Waals surface area contributed by atoms with E-state index in [0.717, 1.165) is 0 Å². The molecule has 1 amide bonds. The number of primary amides is 1. The Morgan fingerprint density at radius 3 is 2.57 bits per heavy atom. The summed E-state index contributed by atoms with van der Waals surface area (Å²) in [6.07, 6.45) is 0.306. The van der Waals surface area contributed by atoms with Crippen molar-refractivity contribution in [3.8, 4) is 0 Å². The topological polar surface area (TPSA) is 116 Å². The lowest BCUT2D eigenvalue weighted by Gasteiger charge is -2.24. The van der Waals surface area contributed by atoms with Gasteiger partial charge in [-0.05, 0) is 13.3 Å². The zero-order chi connectivity index (χ0) is 10.9.